The van der Waals surface area contributed by atoms with Crippen LogP contribution in [0.4, 0.5) is 0 Å². The predicted molar refractivity (Wildman–Crippen MR) is 129 cm³/mol. The summed E-state index contributed by atoms with van der Waals surface area (Å²) in [5.41, 5.74) is 2.11. The standard InChI is InChI=1S/C23H31N5O2S2/c1-6-21(26(2)3)22-24-25-23(28(22)16-18-11-8-7-9-12-18)31-17-19-13-10-14-20(15-19)32(29,30)27(4)5/h7-15,21H,6,16-17H2,1-5H3. The summed E-state index contributed by atoms with van der Waals surface area (Å²) in [6, 6.07) is 17.5. The van der Waals surface area contributed by atoms with Crippen LogP contribution in [0.3, 0.4) is 0 Å². The van der Waals surface area contributed by atoms with E-state index in [9.17, 15) is 8.42 Å². The van der Waals surface area contributed by atoms with E-state index in [1.54, 1.807) is 44.1 Å². The van der Waals surface area contributed by atoms with Crippen molar-refractivity contribution in [2.24, 2.45) is 0 Å². The van der Waals surface area contributed by atoms with Crippen molar-refractivity contribution in [3.8, 4) is 0 Å². The molecule has 0 aliphatic rings. The Morgan fingerprint density at radius 3 is 2.28 bits per heavy atom. The molecular formula is C23H31N5O2S2. The van der Waals surface area contributed by atoms with E-state index in [4.69, 9.17) is 0 Å². The van der Waals surface area contributed by atoms with Crippen molar-refractivity contribution < 1.29 is 8.42 Å². The molecule has 32 heavy (non-hydrogen) atoms. The molecule has 1 heterocycles. The number of thioether (sulfide) groups is 1. The number of hydrogen-bond donors (Lipinski definition) is 0. The van der Waals surface area contributed by atoms with Crippen LogP contribution >= 0.6 is 11.8 Å². The van der Waals surface area contributed by atoms with Crippen molar-refractivity contribution >= 4 is 21.8 Å². The summed E-state index contributed by atoms with van der Waals surface area (Å²) >= 11 is 1.57. The van der Waals surface area contributed by atoms with Crippen molar-refractivity contribution in [2.45, 2.75) is 41.7 Å². The Bertz CT molecular complexity index is 1130. The summed E-state index contributed by atoms with van der Waals surface area (Å²) < 4.78 is 28.4. The zero-order valence-corrected chi connectivity index (χ0v) is 20.9. The number of benzene rings is 2. The molecule has 0 spiro atoms. The lowest BCUT2D eigenvalue weighted by Gasteiger charge is -2.23. The lowest BCUT2D eigenvalue weighted by molar-refractivity contribution is 0.272. The van der Waals surface area contributed by atoms with Gasteiger partial charge in [-0.15, -0.1) is 10.2 Å². The monoisotopic (exact) mass is 473 g/mol. The van der Waals surface area contributed by atoms with Crippen molar-refractivity contribution in [1.82, 2.24) is 24.0 Å². The highest BCUT2D eigenvalue weighted by atomic mass is 32.2. The highest BCUT2D eigenvalue weighted by molar-refractivity contribution is 7.98. The van der Waals surface area contributed by atoms with Crippen LogP contribution in [-0.2, 0) is 22.3 Å². The van der Waals surface area contributed by atoms with Crippen LogP contribution in [0.2, 0.25) is 0 Å². The molecule has 1 unspecified atom stereocenters. The maximum Gasteiger partial charge on any atom is 0.242 e. The quantitative estimate of drug-likeness (QED) is 0.416. The molecule has 0 fully saturated rings. The minimum atomic E-state index is -3.47. The van der Waals surface area contributed by atoms with Gasteiger partial charge in [-0.25, -0.2) is 12.7 Å². The summed E-state index contributed by atoms with van der Waals surface area (Å²) in [5, 5.41) is 9.87. The zero-order valence-electron chi connectivity index (χ0n) is 19.3. The van der Waals surface area contributed by atoms with Gasteiger partial charge in [0.15, 0.2) is 11.0 Å². The van der Waals surface area contributed by atoms with Gasteiger partial charge in [-0.2, -0.15) is 0 Å². The fourth-order valence-electron chi connectivity index (χ4n) is 3.50. The highest BCUT2D eigenvalue weighted by Crippen LogP contribution is 2.28. The second-order valence-electron chi connectivity index (χ2n) is 8.02. The van der Waals surface area contributed by atoms with Crippen LogP contribution in [0.15, 0.2) is 64.6 Å². The molecular weight excluding hydrogens is 442 g/mol. The number of rotatable bonds is 10. The number of hydrogen-bond acceptors (Lipinski definition) is 6. The SMILES string of the molecule is CCC(c1nnc(SCc2cccc(S(=O)(=O)N(C)C)c2)n1Cc1ccccc1)N(C)C. The Kier molecular flexibility index (Phi) is 8.10. The molecule has 3 rings (SSSR count). The van der Waals surface area contributed by atoms with E-state index in [-0.39, 0.29) is 6.04 Å². The van der Waals surface area contributed by atoms with E-state index in [1.807, 2.05) is 24.3 Å². The molecule has 7 nitrogen and oxygen atoms in total. The van der Waals surface area contributed by atoms with Gasteiger partial charge in [0, 0.05) is 19.8 Å². The van der Waals surface area contributed by atoms with Gasteiger partial charge in [-0.1, -0.05) is 61.2 Å². The first-order valence-corrected chi connectivity index (χ1v) is 12.9. The van der Waals surface area contributed by atoms with Gasteiger partial charge in [0.05, 0.1) is 17.5 Å². The Hall–Kier alpha value is -2.20. The molecule has 2 aromatic carbocycles. The number of aromatic nitrogens is 3. The van der Waals surface area contributed by atoms with Crippen LogP contribution in [0, 0.1) is 0 Å². The van der Waals surface area contributed by atoms with E-state index in [0.29, 0.717) is 17.2 Å². The first-order chi connectivity index (χ1) is 15.2. The molecule has 0 saturated carbocycles. The molecule has 1 atom stereocenters. The van der Waals surface area contributed by atoms with Crippen LogP contribution in [0.1, 0.15) is 36.3 Å². The zero-order chi connectivity index (χ0) is 23.3. The Balaban J connectivity index is 1.89. The predicted octanol–water partition coefficient (Wildman–Crippen LogP) is 3.88. The highest BCUT2D eigenvalue weighted by Gasteiger charge is 2.22. The summed E-state index contributed by atoms with van der Waals surface area (Å²) in [4.78, 5) is 2.46. The average molecular weight is 474 g/mol. The number of sulfonamides is 1. The second-order valence-corrected chi connectivity index (χ2v) is 11.1. The second kappa shape index (κ2) is 10.6. The van der Waals surface area contributed by atoms with Crippen LogP contribution in [0.5, 0.6) is 0 Å². The first-order valence-electron chi connectivity index (χ1n) is 10.5. The smallest absolute Gasteiger partial charge is 0.242 e. The van der Waals surface area contributed by atoms with Crippen molar-refractivity contribution in [3.05, 3.63) is 71.5 Å². The van der Waals surface area contributed by atoms with Gasteiger partial charge >= 0.3 is 0 Å². The molecule has 1 aromatic heterocycles. The third-order valence-electron chi connectivity index (χ3n) is 5.28. The van der Waals surface area contributed by atoms with Crippen molar-refractivity contribution in [3.63, 3.8) is 0 Å². The van der Waals surface area contributed by atoms with Gasteiger partial charge in [0.1, 0.15) is 0 Å². The van der Waals surface area contributed by atoms with E-state index in [2.05, 4.69) is 52.8 Å². The molecule has 0 N–H and O–H groups in total. The minimum Gasteiger partial charge on any atom is -0.300 e. The Morgan fingerprint density at radius 2 is 1.66 bits per heavy atom. The summed E-state index contributed by atoms with van der Waals surface area (Å²) in [6.07, 6.45) is 0.926. The van der Waals surface area contributed by atoms with Crippen LogP contribution in [0.25, 0.3) is 0 Å². The summed E-state index contributed by atoms with van der Waals surface area (Å²) in [7, 11) is 3.73. The molecule has 0 aliphatic carbocycles. The van der Waals surface area contributed by atoms with E-state index < -0.39 is 10.0 Å². The Labute approximate surface area is 195 Å². The van der Waals surface area contributed by atoms with E-state index in [1.165, 1.54) is 9.87 Å². The summed E-state index contributed by atoms with van der Waals surface area (Å²) in [6.45, 7) is 2.83. The van der Waals surface area contributed by atoms with Gasteiger partial charge in [0.25, 0.3) is 0 Å². The molecule has 172 valence electrons. The lowest BCUT2D eigenvalue weighted by Crippen LogP contribution is -2.23. The Morgan fingerprint density at radius 1 is 0.969 bits per heavy atom. The van der Waals surface area contributed by atoms with E-state index in [0.717, 1.165) is 23.0 Å². The van der Waals surface area contributed by atoms with Gasteiger partial charge in [-0.3, -0.25) is 4.90 Å². The fourth-order valence-corrected chi connectivity index (χ4v) is 5.36. The third kappa shape index (κ3) is 5.58. The molecule has 9 heteroatoms. The lowest BCUT2D eigenvalue weighted by atomic mass is 10.2. The van der Waals surface area contributed by atoms with Crippen molar-refractivity contribution in [1.29, 1.82) is 0 Å². The van der Waals surface area contributed by atoms with Crippen LogP contribution in [-0.4, -0.2) is 60.6 Å². The summed E-state index contributed by atoms with van der Waals surface area (Å²) in [5.74, 6) is 1.54. The van der Waals surface area contributed by atoms with Gasteiger partial charge in [-0.05, 0) is 43.8 Å². The molecule has 0 radical (unpaired) electrons. The molecule has 0 amide bonds. The maximum atomic E-state index is 12.5. The van der Waals surface area contributed by atoms with Crippen LogP contribution < -0.4 is 0 Å². The topological polar surface area (TPSA) is 71.3 Å². The third-order valence-corrected chi connectivity index (χ3v) is 8.13. The largest absolute Gasteiger partial charge is 0.300 e. The molecule has 3 aromatic rings. The molecule has 0 saturated heterocycles. The normalized spacial score (nSPS) is 13.1. The molecule has 0 bridgehead atoms. The van der Waals surface area contributed by atoms with E-state index >= 15 is 0 Å². The average Bonchev–Trinajstić information content (AvgIpc) is 3.15. The van der Waals surface area contributed by atoms with Crippen molar-refractivity contribution in [2.75, 3.05) is 28.2 Å². The minimum absolute atomic E-state index is 0.161. The first kappa shape index (κ1) is 24.4. The maximum absolute atomic E-state index is 12.5. The number of nitrogens with zero attached hydrogens (tertiary/aromatic N) is 5. The van der Waals surface area contributed by atoms with Gasteiger partial charge < -0.3 is 4.57 Å². The van der Waals surface area contributed by atoms with Gasteiger partial charge in [0.2, 0.25) is 10.0 Å². The fraction of sp³-hybridized carbons (Fsp3) is 0.391. The molecule has 0 aliphatic heterocycles.